The summed E-state index contributed by atoms with van der Waals surface area (Å²) in [4.78, 5) is 24.4. The van der Waals surface area contributed by atoms with Crippen molar-refractivity contribution in [1.82, 2.24) is 10.2 Å². The zero-order valence-corrected chi connectivity index (χ0v) is 11.0. The van der Waals surface area contributed by atoms with Gasteiger partial charge in [-0.3, -0.25) is 14.9 Å². The molecule has 0 aliphatic carbocycles. The van der Waals surface area contributed by atoms with Gasteiger partial charge in [0.05, 0.1) is 4.92 Å². The van der Waals surface area contributed by atoms with E-state index in [0.29, 0.717) is 23.7 Å². The van der Waals surface area contributed by atoms with Crippen LogP contribution >= 0.6 is 0 Å². The van der Waals surface area contributed by atoms with Crippen LogP contribution in [0.5, 0.6) is 0 Å². The van der Waals surface area contributed by atoms with Crippen molar-refractivity contribution < 1.29 is 9.72 Å². The first-order chi connectivity index (χ1) is 9.02. The van der Waals surface area contributed by atoms with Crippen LogP contribution in [0, 0.1) is 17.0 Å². The number of carbonyl (C=O) groups is 1. The number of aryl methyl sites for hydroxylation is 1. The van der Waals surface area contributed by atoms with Crippen LogP contribution in [-0.4, -0.2) is 41.9 Å². The summed E-state index contributed by atoms with van der Waals surface area (Å²) in [5.41, 5.74) is 1.08. The number of hydrogen-bond acceptors (Lipinski definition) is 4. The summed E-state index contributed by atoms with van der Waals surface area (Å²) < 4.78 is 0. The molecule has 6 nitrogen and oxygen atoms in total. The van der Waals surface area contributed by atoms with Crippen molar-refractivity contribution in [2.75, 3.05) is 20.1 Å². The number of carbonyl (C=O) groups excluding carboxylic acids is 1. The molecular formula is C13H17N3O3. The van der Waals surface area contributed by atoms with Crippen LogP contribution < -0.4 is 5.32 Å². The Morgan fingerprint density at radius 3 is 2.79 bits per heavy atom. The van der Waals surface area contributed by atoms with Gasteiger partial charge in [-0.15, -0.1) is 0 Å². The predicted molar refractivity (Wildman–Crippen MR) is 71.2 cm³/mol. The van der Waals surface area contributed by atoms with Gasteiger partial charge < -0.3 is 10.2 Å². The number of nitro benzene ring substituents is 1. The molecule has 1 aromatic carbocycles. The number of amides is 1. The maximum Gasteiger partial charge on any atom is 0.272 e. The number of nitrogens with one attached hydrogen (secondary N) is 1. The van der Waals surface area contributed by atoms with E-state index in [1.807, 2.05) is 7.05 Å². The van der Waals surface area contributed by atoms with Crippen molar-refractivity contribution in [3.8, 4) is 0 Å². The summed E-state index contributed by atoms with van der Waals surface area (Å²) in [6.07, 6.45) is 0.939. The summed E-state index contributed by atoms with van der Waals surface area (Å²) in [5, 5.41) is 13.9. The zero-order chi connectivity index (χ0) is 14.0. The molecule has 0 radical (unpaired) electrons. The van der Waals surface area contributed by atoms with Gasteiger partial charge in [-0.25, -0.2) is 0 Å². The van der Waals surface area contributed by atoms with E-state index in [1.165, 1.54) is 12.1 Å². The molecule has 0 saturated carbocycles. The Balaban J connectivity index is 2.16. The maximum absolute atomic E-state index is 12.3. The van der Waals surface area contributed by atoms with Crippen LogP contribution in [0.2, 0.25) is 0 Å². The van der Waals surface area contributed by atoms with E-state index in [-0.39, 0.29) is 11.6 Å². The molecule has 1 unspecified atom stereocenters. The zero-order valence-electron chi connectivity index (χ0n) is 11.0. The highest BCUT2D eigenvalue weighted by Crippen LogP contribution is 2.21. The van der Waals surface area contributed by atoms with Crippen LogP contribution in [0.25, 0.3) is 0 Å². The second-order valence-electron chi connectivity index (χ2n) is 4.78. The van der Waals surface area contributed by atoms with Crippen LogP contribution in [0.15, 0.2) is 18.2 Å². The molecule has 102 valence electrons. The van der Waals surface area contributed by atoms with Crippen LogP contribution in [0.3, 0.4) is 0 Å². The lowest BCUT2D eigenvalue weighted by Crippen LogP contribution is -2.33. The van der Waals surface area contributed by atoms with E-state index < -0.39 is 4.92 Å². The SMILES string of the molecule is CNC1CCN(C(=O)c2ccc([N+](=O)[O-])c(C)c2)C1. The van der Waals surface area contributed by atoms with E-state index >= 15 is 0 Å². The Morgan fingerprint density at radius 2 is 2.26 bits per heavy atom. The lowest BCUT2D eigenvalue weighted by molar-refractivity contribution is -0.385. The molecule has 19 heavy (non-hydrogen) atoms. The average molecular weight is 263 g/mol. The van der Waals surface area contributed by atoms with Gasteiger partial charge in [0.25, 0.3) is 11.6 Å². The summed E-state index contributed by atoms with van der Waals surface area (Å²) in [5.74, 6) is -0.0595. The normalized spacial score (nSPS) is 18.6. The third kappa shape index (κ3) is 2.73. The first kappa shape index (κ1) is 13.5. The predicted octanol–water partition coefficient (Wildman–Crippen LogP) is 1.34. The number of nitrogens with zero attached hydrogens (tertiary/aromatic N) is 2. The second kappa shape index (κ2) is 5.36. The van der Waals surface area contributed by atoms with Gasteiger partial charge in [-0.1, -0.05) is 0 Å². The molecule has 1 heterocycles. The fraction of sp³-hybridized carbons (Fsp3) is 0.462. The van der Waals surface area contributed by atoms with Crippen molar-refractivity contribution in [1.29, 1.82) is 0 Å². The molecule has 1 N–H and O–H groups in total. The van der Waals surface area contributed by atoms with Gasteiger partial charge in [-0.05, 0) is 32.5 Å². The Hall–Kier alpha value is -1.95. The van der Waals surface area contributed by atoms with E-state index in [1.54, 1.807) is 17.9 Å². The number of likely N-dealkylation sites (tertiary alicyclic amines) is 1. The first-order valence-corrected chi connectivity index (χ1v) is 6.24. The molecule has 0 aromatic heterocycles. The lowest BCUT2D eigenvalue weighted by Gasteiger charge is -2.16. The van der Waals surface area contributed by atoms with Crippen molar-refractivity contribution >= 4 is 11.6 Å². The highest BCUT2D eigenvalue weighted by molar-refractivity contribution is 5.95. The van der Waals surface area contributed by atoms with Crippen molar-refractivity contribution in [2.24, 2.45) is 0 Å². The van der Waals surface area contributed by atoms with Gasteiger partial charge in [0.15, 0.2) is 0 Å². The van der Waals surface area contributed by atoms with Gasteiger partial charge in [0.2, 0.25) is 0 Å². The first-order valence-electron chi connectivity index (χ1n) is 6.24. The van der Waals surface area contributed by atoms with Gasteiger partial charge in [0, 0.05) is 36.3 Å². The summed E-state index contributed by atoms with van der Waals surface area (Å²) in [6.45, 7) is 3.06. The van der Waals surface area contributed by atoms with E-state index in [0.717, 1.165) is 13.0 Å². The standard InChI is InChI=1S/C13H17N3O3/c1-9-7-10(3-4-12(9)16(18)19)13(17)15-6-5-11(8-15)14-2/h3-4,7,11,14H,5-6,8H2,1-2H3. The van der Waals surface area contributed by atoms with Gasteiger partial charge in [0.1, 0.15) is 0 Å². The quantitative estimate of drug-likeness (QED) is 0.659. The Morgan fingerprint density at radius 1 is 1.53 bits per heavy atom. The minimum Gasteiger partial charge on any atom is -0.337 e. The number of benzene rings is 1. The van der Waals surface area contributed by atoms with Crippen molar-refractivity contribution in [2.45, 2.75) is 19.4 Å². The molecule has 1 amide bonds. The topological polar surface area (TPSA) is 75.5 Å². The number of nitro groups is 1. The summed E-state index contributed by atoms with van der Waals surface area (Å²) >= 11 is 0. The molecule has 0 spiro atoms. The third-order valence-electron chi connectivity index (χ3n) is 3.52. The fourth-order valence-corrected chi connectivity index (χ4v) is 2.36. The molecule has 0 bridgehead atoms. The maximum atomic E-state index is 12.3. The Bertz CT molecular complexity index is 516. The van der Waals surface area contributed by atoms with Crippen molar-refractivity contribution in [3.63, 3.8) is 0 Å². The minimum atomic E-state index is -0.434. The number of likely N-dealkylation sites (N-methyl/N-ethyl adjacent to an activating group) is 1. The molecule has 1 saturated heterocycles. The molecule has 1 atom stereocenters. The molecule has 6 heteroatoms. The molecule has 1 aliphatic rings. The second-order valence-corrected chi connectivity index (χ2v) is 4.78. The lowest BCUT2D eigenvalue weighted by atomic mass is 10.1. The summed E-state index contributed by atoms with van der Waals surface area (Å²) in [6, 6.07) is 4.85. The molecule has 2 rings (SSSR count). The van der Waals surface area contributed by atoms with Crippen molar-refractivity contribution in [3.05, 3.63) is 39.4 Å². The minimum absolute atomic E-state index is 0.0473. The van der Waals surface area contributed by atoms with E-state index in [4.69, 9.17) is 0 Å². The number of hydrogen-bond donors (Lipinski definition) is 1. The highest BCUT2D eigenvalue weighted by Gasteiger charge is 2.26. The van der Waals surface area contributed by atoms with Crippen LogP contribution in [0.4, 0.5) is 5.69 Å². The van der Waals surface area contributed by atoms with Gasteiger partial charge in [-0.2, -0.15) is 0 Å². The van der Waals surface area contributed by atoms with Gasteiger partial charge >= 0.3 is 0 Å². The smallest absolute Gasteiger partial charge is 0.272 e. The highest BCUT2D eigenvalue weighted by atomic mass is 16.6. The molecule has 1 fully saturated rings. The Labute approximate surface area is 111 Å². The monoisotopic (exact) mass is 263 g/mol. The van der Waals surface area contributed by atoms with E-state index in [2.05, 4.69) is 5.32 Å². The molecule has 1 aromatic rings. The third-order valence-corrected chi connectivity index (χ3v) is 3.52. The largest absolute Gasteiger partial charge is 0.337 e. The van der Waals surface area contributed by atoms with Crippen LogP contribution in [-0.2, 0) is 0 Å². The summed E-state index contributed by atoms with van der Waals surface area (Å²) in [7, 11) is 1.88. The van der Waals surface area contributed by atoms with Crippen LogP contribution in [0.1, 0.15) is 22.3 Å². The fourth-order valence-electron chi connectivity index (χ4n) is 2.36. The molecule has 1 aliphatic heterocycles. The van der Waals surface area contributed by atoms with E-state index in [9.17, 15) is 14.9 Å². The molecular weight excluding hydrogens is 246 g/mol. The average Bonchev–Trinajstić information content (AvgIpc) is 2.86. The number of rotatable bonds is 3. The Kier molecular flexibility index (Phi) is 3.80.